The van der Waals surface area contributed by atoms with E-state index in [0.29, 0.717) is 38.0 Å². The number of amides is 2. The number of fused-ring (bicyclic) bond motifs is 1. The van der Waals surface area contributed by atoms with E-state index in [4.69, 9.17) is 11.1 Å². The van der Waals surface area contributed by atoms with E-state index in [0.717, 1.165) is 46.5 Å². The number of nitrogens with one attached hydrogen (secondary N) is 2. The van der Waals surface area contributed by atoms with Gasteiger partial charge in [-0.25, -0.2) is 0 Å². The van der Waals surface area contributed by atoms with Crippen LogP contribution in [0.15, 0.2) is 103 Å². The first kappa shape index (κ1) is 28.6. The zero-order valence-electron chi connectivity index (χ0n) is 23.8. The number of nitrogens with zero attached hydrogens (tertiary/aromatic N) is 2. The molecule has 0 radical (unpaired) electrons. The van der Waals surface area contributed by atoms with Crippen molar-refractivity contribution in [3.63, 3.8) is 0 Å². The molecule has 1 heterocycles. The molecule has 1 aliphatic heterocycles. The summed E-state index contributed by atoms with van der Waals surface area (Å²) in [5.74, 6) is 0.0958. The van der Waals surface area contributed by atoms with Crippen molar-refractivity contribution in [2.24, 2.45) is 5.73 Å². The molecule has 0 saturated heterocycles. The Hall–Kier alpha value is -4.91. The van der Waals surface area contributed by atoms with Crippen LogP contribution in [0.2, 0.25) is 0 Å². The van der Waals surface area contributed by atoms with E-state index in [-0.39, 0.29) is 24.2 Å². The standard InChI is InChI=1S/C35H37N5O2/c36-35(37)29-16-13-26(14-17-29)15-20-34(42)40-21-7-12-30-22-31(18-19-32(30)40)39(24-28-10-5-2-6-11-28)25-33(41)38-23-27-8-3-1-4-9-27/h1-6,8-11,13-14,16-19,22H,7,12,15,20-21,23-25H2,(H3,36,37)(H,38,41). The summed E-state index contributed by atoms with van der Waals surface area (Å²) >= 11 is 0. The van der Waals surface area contributed by atoms with Gasteiger partial charge in [-0.05, 0) is 59.7 Å². The highest BCUT2D eigenvalue weighted by Crippen LogP contribution is 2.32. The van der Waals surface area contributed by atoms with Crippen molar-refractivity contribution in [3.8, 4) is 0 Å². The second-order valence-electron chi connectivity index (χ2n) is 10.7. The Balaban J connectivity index is 1.29. The highest BCUT2D eigenvalue weighted by molar-refractivity contribution is 5.96. The lowest BCUT2D eigenvalue weighted by molar-refractivity contribution is -0.120. The summed E-state index contributed by atoms with van der Waals surface area (Å²) < 4.78 is 0. The minimum atomic E-state index is -0.0411. The monoisotopic (exact) mass is 559 g/mol. The number of nitrogens with two attached hydrogens (primary N) is 1. The number of benzene rings is 4. The van der Waals surface area contributed by atoms with Crippen LogP contribution < -0.4 is 20.9 Å². The number of carbonyl (C=O) groups is 2. The number of hydrogen-bond donors (Lipinski definition) is 3. The number of nitrogen functional groups attached to an aromatic ring is 1. The fourth-order valence-electron chi connectivity index (χ4n) is 5.34. The molecule has 1 aliphatic rings. The maximum absolute atomic E-state index is 13.3. The molecular weight excluding hydrogens is 522 g/mol. The topological polar surface area (TPSA) is 103 Å². The van der Waals surface area contributed by atoms with Crippen LogP contribution in [0, 0.1) is 5.41 Å². The maximum atomic E-state index is 13.3. The first-order valence-corrected chi connectivity index (χ1v) is 14.4. The highest BCUT2D eigenvalue weighted by Gasteiger charge is 2.24. The number of amidine groups is 1. The van der Waals surface area contributed by atoms with Crippen LogP contribution in [0.5, 0.6) is 0 Å². The van der Waals surface area contributed by atoms with Crippen LogP contribution in [0.3, 0.4) is 0 Å². The van der Waals surface area contributed by atoms with Crippen molar-refractivity contribution in [2.75, 3.05) is 22.9 Å². The first-order valence-electron chi connectivity index (χ1n) is 14.4. The quantitative estimate of drug-likeness (QED) is 0.174. The summed E-state index contributed by atoms with van der Waals surface area (Å²) in [5.41, 5.74) is 12.5. The Morgan fingerprint density at radius 1 is 0.857 bits per heavy atom. The molecule has 0 saturated carbocycles. The van der Waals surface area contributed by atoms with Gasteiger partial charge in [0.1, 0.15) is 5.84 Å². The van der Waals surface area contributed by atoms with Crippen molar-refractivity contribution in [1.82, 2.24) is 5.32 Å². The number of anilines is 2. The smallest absolute Gasteiger partial charge is 0.239 e. The molecule has 4 aromatic rings. The summed E-state index contributed by atoms with van der Waals surface area (Å²) in [5, 5.41) is 10.6. The van der Waals surface area contributed by atoms with Gasteiger partial charge in [0, 0.05) is 43.0 Å². The third-order valence-electron chi connectivity index (χ3n) is 7.62. The van der Waals surface area contributed by atoms with E-state index in [1.165, 1.54) is 0 Å². The van der Waals surface area contributed by atoms with Crippen LogP contribution in [0.25, 0.3) is 0 Å². The number of rotatable bonds is 11. The molecule has 214 valence electrons. The number of carbonyl (C=O) groups excluding carboxylic acids is 2. The van der Waals surface area contributed by atoms with Crippen molar-refractivity contribution in [3.05, 3.63) is 131 Å². The maximum Gasteiger partial charge on any atom is 0.239 e. The second kappa shape index (κ2) is 13.6. The molecule has 7 nitrogen and oxygen atoms in total. The minimum Gasteiger partial charge on any atom is -0.384 e. The third-order valence-corrected chi connectivity index (χ3v) is 7.62. The van der Waals surface area contributed by atoms with Gasteiger partial charge in [-0.1, -0.05) is 84.9 Å². The van der Waals surface area contributed by atoms with Crippen molar-refractivity contribution < 1.29 is 9.59 Å². The van der Waals surface area contributed by atoms with Gasteiger partial charge in [0.15, 0.2) is 0 Å². The molecule has 0 atom stereocenters. The van der Waals surface area contributed by atoms with Crippen LogP contribution in [0.4, 0.5) is 11.4 Å². The normalized spacial score (nSPS) is 12.3. The Morgan fingerprint density at radius 3 is 2.24 bits per heavy atom. The van der Waals surface area contributed by atoms with Crippen molar-refractivity contribution in [1.29, 1.82) is 5.41 Å². The fourth-order valence-corrected chi connectivity index (χ4v) is 5.34. The lowest BCUT2D eigenvalue weighted by atomic mass is 9.99. The summed E-state index contributed by atoms with van der Waals surface area (Å²) in [7, 11) is 0. The minimum absolute atomic E-state index is 0.0390. The van der Waals surface area contributed by atoms with Gasteiger partial charge in [-0.15, -0.1) is 0 Å². The molecule has 7 heteroatoms. The molecule has 0 aromatic heterocycles. The van der Waals surface area contributed by atoms with Gasteiger partial charge in [0.2, 0.25) is 11.8 Å². The van der Waals surface area contributed by atoms with Gasteiger partial charge in [-0.3, -0.25) is 15.0 Å². The summed E-state index contributed by atoms with van der Waals surface area (Å²) in [6, 6.07) is 33.8. The second-order valence-corrected chi connectivity index (χ2v) is 10.7. The zero-order valence-corrected chi connectivity index (χ0v) is 23.8. The van der Waals surface area contributed by atoms with Crippen molar-refractivity contribution >= 4 is 29.0 Å². The average molecular weight is 560 g/mol. The molecule has 42 heavy (non-hydrogen) atoms. The predicted molar refractivity (Wildman–Crippen MR) is 169 cm³/mol. The van der Waals surface area contributed by atoms with Gasteiger partial charge in [-0.2, -0.15) is 0 Å². The number of hydrogen-bond acceptors (Lipinski definition) is 4. The van der Waals surface area contributed by atoms with Gasteiger partial charge in [0.25, 0.3) is 0 Å². The number of aryl methyl sites for hydroxylation is 2. The van der Waals surface area contributed by atoms with Crippen molar-refractivity contribution in [2.45, 2.75) is 38.8 Å². The summed E-state index contributed by atoms with van der Waals surface area (Å²) in [6.45, 7) is 2.01. The SMILES string of the molecule is N=C(N)c1ccc(CCC(=O)N2CCCc3cc(N(CC(=O)NCc4ccccc4)Cc4ccccc4)ccc32)cc1. The average Bonchev–Trinajstić information content (AvgIpc) is 3.03. The summed E-state index contributed by atoms with van der Waals surface area (Å²) in [4.78, 5) is 30.4. The highest BCUT2D eigenvalue weighted by atomic mass is 16.2. The molecule has 0 fully saturated rings. The predicted octanol–water partition coefficient (Wildman–Crippen LogP) is 5.21. The molecule has 2 amide bonds. The van der Waals surface area contributed by atoms with E-state index in [9.17, 15) is 9.59 Å². The van der Waals surface area contributed by atoms with E-state index < -0.39 is 0 Å². The first-order chi connectivity index (χ1) is 20.5. The largest absolute Gasteiger partial charge is 0.384 e. The lowest BCUT2D eigenvalue weighted by Gasteiger charge is -2.32. The Kier molecular flexibility index (Phi) is 9.29. The van der Waals surface area contributed by atoms with Crippen LogP contribution in [-0.2, 0) is 35.5 Å². The molecule has 5 rings (SSSR count). The van der Waals surface area contributed by atoms with Gasteiger partial charge < -0.3 is 20.9 Å². The summed E-state index contributed by atoms with van der Waals surface area (Å²) in [6.07, 6.45) is 2.82. The van der Waals surface area contributed by atoms with E-state index in [1.54, 1.807) is 0 Å². The van der Waals surface area contributed by atoms with E-state index in [1.807, 2.05) is 89.8 Å². The Morgan fingerprint density at radius 2 is 1.55 bits per heavy atom. The molecular formula is C35H37N5O2. The van der Waals surface area contributed by atoms with Gasteiger partial charge in [0.05, 0.1) is 6.54 Å². The van der Waals surface area contributed by atoms with Crippen LogP contribution in [-0.4, -0.2) is 30.7 Å². The molecule has 0 spiro atoms. The van der Waals surface area contributed by atoms with E-state index in [2.05, 4.69) is 28.4 Å². The molecule has 4 aromatic carbocycles. The third kappa shape index (κ3) is 7.43. The Bertz CT molecular complexity index is 1520. The van der Waals surface area contributed by atoms with E-state index >= 15 is 0 Å². The zero-order chi connectivity index (χ0) is 29.3. The molecule has 0 bridgehead atoms. The van der Waals surface area contributed by atoms with Gasteiger partial charge >= 0.3 is 0 Å². The Labute approximate surface area is 247 Å². The molecule has 4 N–H and O–H groups in total. The van der Waals surface area contributed by atoms with Crippen LogP contribution >= 0.6 is 0 Å². The molecule has 0 unspecified atom stereocenters. The fraction of sp³-hybridized carbons (Fsp3) is 0.229. The van der Waals surface area contributed by atoms with Crippen LogP contribution in [0.1, 0.15) is 40.7 Å². The molecule has 0 aliphatic carbocycles. The lowest BCUT2D eigenvalue weighted by Crippen LogP contribution is -2.37.